The smallest absolute Gasteiger partial charge is 0.0424 e. The first-order chi connectivity index (χ1) is 9.08. The molecule has 2 heteroatoms. The second-order valence-corrected chi connectivity index (χ2v) is 5.73. The van der Waals surface area contributed by atoms with Crippen LogP contribution in [0.4, 0.5) is 0 Å². The summed E-state index contributed by atoms with van der Waals surface area (Å²) in [6, 6.07) is 8.93. The van der Waals surface area contributed by atoms with Gasteiger partial charge in [0, 0.05) is 12.6 Å². The number of benzene rings is 1. The molecular weight excluding hydrogens is 232 g/mol. The van der Waals surface area contributed by atoms with Crippen LogP contribution in [0.5, 0.6) is 0 Å². The Bertz CT molecular complexity index is 337. The fraction of sp³-hybridized carbons (Fsp3) is 0.647. The van der Waals surface area contributed by atoms with Crippen LogP contribution in [0.3, 0.4) is 0 Å². The third kappa shape index (κ3) is 5.33. The predicted octanol–water partition coefficient (Wildman–Crippen LogP) is 3.93. The summed E-state index contributed by atoms with van der Waals surface area (Å²) in [7, 11) is 0. The summed E-state index contributed by atoms with van der Waals surface area (Å²) < 4.78 is 0. The van der Waals surface area contributed by atoms with Gasteiger partial charge in [0.15, 0.2) is 0 Å². The molecule has 0 saturated carbocycles. The molecule has 1 rings (SSSR count). The van der Waals surface area contributed by atoms with E-state index in [4.69, 9.17) is 5.73 Å². The topological polar surface area (TPSA) is 29.3 Å². The van der Waals surface area contributed by atoms with Crippen molar-refractivity contribution in [2.24, 2.45) is 5.73 Å². The van der Waals surface area contributed by atoms with E-state index in [1.54, 1.807) is 0 Å². The number of hydrogen-bond acceptors (Lipinski definition) is 2. The summed E-state index contributed by atoms with van der Waals surface area (Å²) in [5, 5.41) is 0. The monoisotopic (exact) mass is 262 g/mol. The van der Waals surface area contributed by atoms with Gasteiger partial charge in [-0.1, -0.05) is 52.0 Å². The predicted molar refractivity (Wildman–Crippen MR) is 84.5 cm³/mol. The minimum Gasteiger partial charge on any atom is -0.323 e. The van der Waals surface area contributed by atoms with Gasteiger partial charge in [-0.3, -0.25) is 0 Å². The Labute approximate surface area is 119 Å². The SMILES string of the molecule is CCCN(CCC)CC(N)c1ccc(C(C)C)cc1. The van der Waals surface area contributed by atoms with E-state index in [-0.39, 0.29) is 6.04 Å². The summed E-state index contributed by atoms with van der Waals surface area (Å²) in [6.07, 6.45) is 2.39. The highest BCUT2D eigenvalue weighted by atomic mass is 15.1. The zero-order valence-electron chi connectivity index (χ0n) is 13.0. The molecule has 0 saturated heterocycles. The van der Waals surface area contributed by atoms with Crippen molar-refractivity contribution in [3.8, 4) is 0 Å². The van der Waals surface area contributed by atoms with Crippen LogP contribution in [0, 0.1) is 0 Å². The van der Waals surface area contributed by atoms with E-state index in [2.05, 4.69) is 56.9 Å². The highest BCUT2D eigenvalue weighted by Gasteiger charge is 2.11. The Balaban J connectivity index is 2.62. The minimum atomic E-state index is 0.124. The van der Waals surface area contributed by atoms with E-state index in [1.807, 2.05) is 0 Å². The molecular formula is C17H30N2. The van der Waals surface area contributed by atoms with Crippen LogP contribution >= 0.6 is 0 Å². The standard InChI is InChI=1S/C17H30N2/c1-5-11-19(12-6-2)13-17(18)16-9-7-15(8-10-16)14(3)4/h7-10,14,17H,5-6,11-13,18H2,1-4H3. The van der Waals surface area contributed by atoms with Gasteiger partial charge in [0.05, 0.1) is 0 Å². The quantitative estimate of drug-likeness (QED) is 0.769. The fourth-order valence-electron chi connectivity index (χ4n) is 2.44. The molecule has 0 heterocycles. The van der Waals surface area contributed by atoms with Crippen LogP contribution in [0.15, 0.2) is 24.3 Å². The molecule has 0 aliphatic carbocycles. The van der Waals surface area contributed by atoms with Crippen molar-refractivity contribution in [1.29, 1.82) is 0 Å². The minimum absolute atomic E-state index is 0.124. The van der Waals surface area contributed by atoms with Crippen molar-refractivity contribution >= 4 is 0 Å². The molecule has 1 aromatic carbocycles. The summed E-state index contributed by atoms with van der Waals surface area (Å²) in [6.45, 7) is 12.1. The zero-order chi connectivity index (χ0) is 14.3. The highest BCUT2D eigenvalue weighted by molar-refractivity contribution is 5.26. The summed E-state index contributed by atoms with van der Waals surface area (Å²) in [5.41, 5.74) is 8.98. The Morgan fingerprint density at radius 3 is 1.84 bits per heavy atom. The lowest BCUT2D eigenvalue weighted by Crippen LogP contribution is -2.33. The van der Waals surface area contributed by atoms with Gasteiger partial charge in [-0.15, -0.1) is 0 Å². The first kappa shape index (κ1) is 16.2. The van der Waals surface area contributed by atoms with E-state index in [1.165, 1.54) is 24.0 Å². The van der Waals surface area contributed by atoms with Crippen molar-refractivity contribution < 1.29 is 0 Å². The molecule has 0 bridgehead atoms. The maximum Gasteiger partial charge on any atom is 0.0424 e. The van der Waals surface area contributed by atoms with Crippen molar-refractivity contribution in [3.63, 3.8) is 0 Å². The summed E-state index contributed by atoms with van der Waals surface area (Å²) >= 11 is 0. The number of nitrogens with zero attached hydrogens (tertiary/aromatic N) is 1. The molecule has 108 valence electrons. The normalized spacial score (nSPS) is 13.2. The average molecular weight is 262 g/mol. The Morgan fingerprint density at radius 2 is 1.42 bits per heavy atom. The van der Waals surface area contributed by atoms with E-state index in [9.17, 15) is 0 Å². The third-order valence-corrected chi connectivity index (χ3v) is 3.57. The number of rotatable bonds is 8. The fourth-order valence-corrected chi connectivity index (χ4v) is 2.44. The lowest BCUT2D eigenvalue weighted by Gasteiger charge is -2.25. The molecule has 19 heavy (non-hydrogen) atoms. The van der Waals surface area contributed by atoms with Crippen LogP contribution < -0.4 is 5.73 Å². The van der Waals surface area contributed by atoms with Gasteiger partial charge >= 0.3 is 0 Å². The van der Waals surface area contributed by atoms with Crippen molar-refractivity contribution in [1.82, 2.24) is 4.90 Å². The van der Waals surface area contributed by atoms with Gasteiger partial charge in [0.1, 0.15) is 0 Å². The van der Waals surface area contributed by atoms with Gasteiger partial charge in [0.25, 0.3) is 0 Å². The average Bonchev–Trinajstić information content (AvgIpc) is 2.39. The molecule has 2 N–H and O–H groups in total. The van der Waals surface area contributed by atoms with Crippen molar-refractivity contribution in [3.05, 3.63) is 35.4 Å². The van der Waals surface area contributed by atoms with Crippen molar-refractivity contribution in [2.75, 3.05) is 19.6 Å². The largest absolute Gasteiger partial charge is 0.323 e. The van der Waals surface area contributed by atoms with Gasteiger partial charge < -0.3 is 10.6 Å². The van der Waals surface area contributed by atoms with E-state index < -0.39 is 0 Å². The van der Waals surface area contributed by atoms with Crippen molar-refractivity contribution in [2.45, 2.75) is 52.5 Å². The third-order valence-electron chi connectivity index (χ3n) is 3.57. The van der Waals surface area contributed by atoms with Crippen LogP contribution in [0.25, 0.3) is 0 Å². The molecule has 1 unspecified atom stereocenters. The molecule has 0 aliphatic rings. The molecule has 1 atom stereocenters. The lowest BCUT2D eigenvalue weighted by molar-refractivity contribution is 0.258. The highest BCUT2D eigenvalue weighted by Crippen LogP contribution is 2.18. The zero-order valence-corrected chi connectivity index (χ0v) is 13.0. The lowest BCUT2D eigenvalue weighted by atomic mass is 9.99. The van der Waals surface area contributed by atoms with Crippen LogP contribution in [0.1, 0.15) is 63.6 Å². The Morgan fingerprint density at radius 1 is 0.947 bits per heavy atom. The van der Waals surface area contributed by atoms with E-state index >= 15 is 0 Å². The molecule has 0 radical (unpaired) electrons. The second kappa shape index (κ2) is 8.34. The molecule has 0 aromatic heterocycles. The molecule has 0 aliphatic heterocycles. The van der Waals surface area contributed by atoms with Gasteiger partial charge in [-0.25, -0.2) is 0 Å². The number of hydrogen-bond donors (Lipinski definition) is 1. The summed E-state index contributed by atoms with van der Waals surface area (Å²) in [4.78, 5) is 2.47. The van der Waals surface area contributed by atoms with Gasteiger partial charge in [0.2, 0.25) is 0 Å². The summed E-state index contributed by atoms with van der Waals surface area (Å²) in [5.74, 6) is 0.585. The van der Waals surface area contributed by atoms with E-state index in [0.29, 0.717) is 5.92 Å². The Hall–Kier alpha value is -0.860. The first-order valence-corrected chi connectivity index (χ1v) is 7.66. The molecule has 0 fully saturated rings. The second-order valence-electron chi connectivity index (χ2n) is 5.73. The molecule has 0 spiro atoms. The maximum atomic E-state index is 6.34. The van der Waals surface area contributed by atoms with Gasteiger partial charge in [-0.2, -0.15) is 0 Å². The van der Waals surface area contributed by atoms with E-state index in [0.717, 1.165) is 19.6 Å². The molecule has 0 amide bonds. The molecule has 2 nitrogen and oxygen atoms in total. The number of nitrogens with two attached hydrogens (primary N) is 1. The molecule has 1 aromatic rings. The van der Waals surface area contributed by atoms with Gasteiger partial charge in [-0.05, 0) is 43.0 Å². The first-order valence-electron chi connectivity index (χ1n) is 7.66. The Kier molecular flexibility index (Phi) is 7.11. The van der Waals surface area contributed by atoms with Crippen LogP contribution in [0.2, 0.25) is 0 Å². The van der Waals surface area contributed by atoms with Crippen LogP contribution in [-0.2, 0) is 0 Å². The maximum absolute atomic E-state index is 6.34. The van der Waals surface area contributed by atoms with Crippen LogP contribution in [-0.4, -0.2) is 24.5 Å².